The molecule has 19 heavy (non-hydrogen) atoms. The summed E-state index contributed by atoms with van der Waals surface area (Å²) in [5.74, 6) is 0. The zero-order valence-corrected chi connectivity index (χ0v) is 10.2. The molecule has 102 valence electrons. The molecule has 0 amide bonds. The molecule has 2 rings (SSSR count). The highest BCUT2D eigenvalue weighted by Gasteiger charge is 2.30. The minimum atomic E-state index is -4.33. The van der Waals surface area contributed by atoms with Gasteiger partial charge in [-0.2, -0.15) is 18.3 Å². The van der Waals surface area contributed by atoms with Crippen LogP contribution in [0.1, 0.15) is 17.2 Å². The van der Waals surface area contributed by atoms with Gasteiger partial charge in [0.1, 0.15) is 12.7 Å². The van der Waals surface area contributed by atoms with Gasteiger partial charge in [0, 0.05) is 0 Å². The van der Waals surface area contributed by atoms with E-state index in [9.17, 15) is 13.2 Å². The van der Waals surface area contributed by atoms with Crippen molar-refractivity contribution in [3.63, 3.8) is 0 Å². The smallest absolute Gasteiger partial charge is 0.311 e. The Kier molecular flexibility index (Phi) is 3.84. The largest absolute Gasteiger partial charge is 0.416 e. The molecule has 0 spiro atoms. The molecule has 1 aromatic heterocycles. The van der Waals surface area contributed by atoms with Crippen LogP contribution in [0.15, 0.2) is 36.9 Å². The third-order valence-corrected chi connectivity index (χ3v) is 2.80. The lowest BCUT2D eigenvalue weighted by Crippen LogP contribution is -2.22. The molecule has 0 aliphatic rings. The quantitative estimate of drug-likeness (QED) is 0.926. The summed E-state index contributed by atoms with van der Waals surface area (Å²) in [6, 6.07) is 5.02. The van der Waals surface area contributed by atoms with E-state index in [-0.39, 0.29) is 6.04 Å². The number of benzene rings is 1. The van der Waals surface area contributed by atoms with E-state index in [0.717, 1.165) is 12.1 Å². The molecule has 1 heterocycles. The minimum Gasteiger partial charge on any atom is -0.311 e. The summed E-state index contributed by atoms with van der Waals surface area (Å²) < 4.78 is 39.6. The maximum atomic E-state index is 12.7. The second-order valence-electron chi connectivity index (χ2n) is 4.08. The van der Waals surface area contributed by atoms with Gasteiger partial charge in [-0.05, 0) is 24.7 Å². The molecular weight excluding hydrogens is 257 g/mol. The van der Waals surface area contributed by atoms with Gasteiger partial charge >= 0.3 is 6.18 Å². The van der Waals surface area contributed by atoms with Crippen LogP contribution >= 0.6 is 0 Å². The Balaban J connectivity index is 2.23. The summed E-state index contributed by atoms with van der Waals surface area (Å²) in [5.41, 5.74) is -0.0864. The molecule has 1 aromatic carbocycles. The van der Waals surface area contributed by atoms with Crippen LogP contribution in [0.25, 0.3) is 0 Å². The first-order valence-corrected chi connectivity index (χ1v) is 5.67. The molecule has 4 nitrogen and oxygen atoms in total. The molecule has 0 saturated heterocycles. The maximum absolute atomic E-state index is 12.7. The van der Waals surface area contributed by atoms with Gasteiger partial charge < -0.3 is 5.32 Å². The summed E-state index contributed by atoms with van der Waals surface area (Å²) in [6.07, 6.45) is -1.42. The second-order valence-corrected chi connectivity index (χ2v) is 4.08. The van der Waals surface area contributed by atoms with E-state index in [1.807, 2.05) is 0 Å². The molecule has 7 heteroatoms. The molecule has 0 bridgehead atoms. The minimum absolute atomic E-state index is 0.260. The predicted molar refractivity (Wildman–Crippen MR) is 63.3 cm³/mol. The van der Waals surface area contributed by atoms with Crippen molar-refractivity contribution in [3.8, 4) is 0 Å². The summed E-state index contributed by atoms with van der Waals surface area (Å²) in [5, 5.41) is 6.92. The molecule has 1 atom stereocenters. The summed E-state index contributed by atoms with van der Waals surface area (Å²) >= 11 is 0. The van der Waals surface area contributed by atoms with E-state index >= 15 is 0 Å². The highest BCUT2D eigenvalue weighted by Crippen LogP contribution is 2.30. The zero-order valence-electron chi connectivity index (χ0n) is 10.2. The topological polar surface area (TPSA) is 42.7 Å². The van der Waals surface area contributed by atoms with Crippen molar-refractivity contribution in [1.29, 1.82) is 0 Å². The molecule has 0 aliphatic carbocycles. The van der Waals surface area contributed by atoms with Crippen molar-refractivity contribution in [2.75, 3.05) is 7.05 Å². The Bertz CT molecular complexity index is 522. The van der Waals surface area contributed by atoms with Gasteiger partial charge in [0.05, 0.1) is 18.2 Å². The van der Waals surface area contributed by atoms with Gasteiger partial charge in [-0.25, -0.2) is 4.98 Å². The summed E-state index contributed by atoms with van der Waals surface area (Å²) in [6.45, 7) is 0.414. The molecule has 0 saturated carbocycles. The average molecular weight is 270 g/mol. The van der Waals surface area contributed by atoms with Crippen LogP contribution < -0.4 is 5.32 Å². The molecule has 0 radical (unpaired) electrons. The van der Waals surface area contributed by atoms with Crippen molar-refractivity contribution >= 4 is 0 Å². The number of halogens is 3. The highest BCUT2D eigenvalue weighted by molar-refractivity contribution is 5.27. The van der Waals surface area contributed by atoms with Crippen molar-refractivity contribution in [2.45, 2.75) is 18.8 Å². The SMILES string of the molecule is CNC(Cn1cncn1)c1cccc(C(F)(F)F)c1. The number of nitrogens with one attached hydrogen (secondary N) is 1. The number of hydrogen-bond donors (Lipinski definition) is 1. The third kappa shape index (κ3) is 3.31. The van der Waals surface area contributed by atoms with Gasteiger partial charge in [0.25, 0.3) is 0 Å². The van der Waals surface area contributed by atoms with Crippen molar-refractivity contribution in [3.05, 3.63) is 48.0 Å². The lowest BCUT2D eigenvalue weighted by molar-refractivity contribution is -0.137. The third-order valence-electron chi connectivity index (χ3n) is 2.80. The van der Waals surface area contributed by atoms with Crippen molar-refractivity contribution in [1.82, 2.24) is 20.1 Å². The molecule has 1 N–H and O–H groups in total. The van der Waals surface area contributed by atoms with Crippen molar-refractivity contribution in [2.24, 2.45) is 0 Å². The lowest BCUT2D eigenvalue weighted by Gasteiger charge is -2.18. The van der Waals surface area contributed by atoms with E-state index in [2.05, 4.69) is 15.4 Å². The van der Waals surface area contributed by atoms with E-state index in [4.69, 9.17) is 0 Å². The van der Waals surface area contributed by atoms with Gasteiger partial charge in [-0.3, -0.25) is 4.68 Å². The van der Waals surface area contributed by atoms with E-state index in [1.165, 1.54) is 18.7 Å². The van der Waals surface area contributed by atoms with Crippen LogP contribution in [-0.4, -0.2) is 21.8 Å². The van der Waals surface area contributed by atoms with Gasteiger partial charge in [-0.1, -0.05) is 12.1 Å². The first-order valence-electron chi connectivity index (χ1n) is 5.67. The normalized spacial score (nSPS) is 13.5. The first-order chi connectivity index (χ1) is 9.00. The Morgan fingerprint density at radius 1 is 1.37 bits per heavy atom. The number of hydrogen-bond acceptors (Lipinski definition) is 3. The Morgan fingerprint density at radius 3 is 2.74 bits per heavy atom. The fourth-order valence-electron chi connectivity index (χ4n) is 1.81. The number of aromatic nitrogens is 3. The molecular formula is C12H13F3N4. The van der Waals surface area contributed by atoms with Crippen LogP contribution in [0.2, 0.25) is 0 Å². The Labute approximate surface area is 108 Å². The number of rotatable bonds is 4. The zero-order chi connectivity index (χ0) is 13.9. The first kappa shape index (κ1) is 13.5. The maximum Gasteiger partial charge on any atom is 0.416 e. The van der Waals surface area contributed by atoms with Gasteiger partial charge in [0.15, 0.2) is 0 Å². The predicted octanol–water partition coefficient (Wildman–Crippen LogP) is 2.26. The molecule has 0 fully saturated rings. The van der Waals surface area contributed by atoms with Crippen LogP contribution in [0.5, 0.6) is 0 Å². The molecule has 2 aromatic rings. The van der Waals surface area contributed by atoms with E-state index < -0.39 is 11.7 Å². The van der Waals surface area contributed by atoms with E-state index in [1.54, 1.807) is 17.8 Å². The van der Waals surface area contributed by atoms with Gasteiger partial charge in [0.2, 0.25) is 0 Å². The van der Waals surface area contributed by atoms with Crippen LogP contribution in [0, 0.1) is 0 Å². The summed E-state index contributed by atoms with van der Waals surface area (Å²) in [4.78, 5) is 3.80. The Morgan fingerprint density at radius 2 is 2.16 bits per heavy atom. The van der Waals surface area contributed by atoms with E-state index in [0.29, 0.717) is 12.1 Å². The average Bonchev–Trinajstić information content (AvgIpc) is 2.88. The second kappa shape index (κ2) is 5.40. The monoisotopic (exact) mass is 270 g/mol. The van der Waals surface area contributed by atoms with Crippen LogP contribution in [0.4, 0.5) is 13.2 Å². The van der Waals surface area contributed by atoms with Crippen LogP contribution in [-0.2, 0) is 12.7 Å². The number of alkyl halides is 3. The van der Waals surface area contributed by atoms with Crippen LogP contribution in [0.3, 0.4) is 0 Å². The lowest BCUT2D eigenvalue weighted by atomic mass is 10.0. The van der Waals surface area contributed by atoms with Crippen molar-refractivity contribution < 1.29 is 13.2 Å². The fourth-order valence-corrected chi connectivity index (χ4v) is 1.81. The standard InChI is InChI=1S/C12H13F3N4/c1-16-11(6-19-8-17-7-18-19)9-3-2-4-10(5-9)12(13,14)15/h2-5,7-8,11,16H,6H2,1H3. The Hall–Kier alpha value is -1.89. The fraction of sp³-hybridized carbons (Fsp3) is 0.333. The molecule has 0 aliphatic heterocycles. The summed E-state index contributed by atoms with van der Waals surface area (Å²) in [7, 11) is 1.70. The highest BCUT2D eigenvalue weighted by atomic mass is 19.4. The number of likely N-dealkylation sites (N-methyl/N-ethyl adjacent to an activating group) is 1. The molecule has 1 unspecified atom stereocenters. The number of nitrogens with zero attached hydrogens (tertiary/aromatic N) is 3. The van der Waals surface area contributed by atoms with Gasteiger partial charge in [-0.15, -0.1) is 0 Å².